The molecule has 0 aromatic heterocycles. The predicted molar refractivity (Wildman–Crippen MR) is 184 cm³/mol. The number of nitrogens with zero attached hydrogens (tertiary/aromatic N) is 5. The van der Waals surface area contributed by atoms with E-state index in [4.69, 9.17) is 16.6 Å². The highest BCUT2D eigenvalue weighted by atomic mass is 35.5. The maximum absolute atomic E-state index is 14.7. The fraction of sp³-hybridized carbons (Fsp3) is 0.528. The van der Waals surface area contributed by atoms with Gasteiger partial charge in [0.05, 0.1) is 6.04 Å². The van der Waals surface area contributed by atoms with Gasteiger partial charge in [0.25, 0.3) is 5.91 Å². The Morgan fingerprint density at radius 3 is 2.29 bits per heavy atom. The second kappa shape index (κ2) is 11.8. The van der Waals surface area contributed by atoms with Crippen LogP contribution >= 0.6 is 23.4 Å². The van der Waals surface area contributed by atoms with Crippen LogP contribution in [0.15, 0.2) is 64.1 Å². The highest BCUT2D eigenvalue weighted by Gasteiger charge is 2.54. The van der Waals surface area contributed by atoms with E-state index in [1.165, 1.54) is 17.3 Å². The molecule has 6 rings (SSSR count). The first-order valence-electron chi connectivity index (χ1n) is 16.2. The van der Waals surface area contributed by atoms with Gasteiger partial charge >= 0.3 is 0 Å². The molecule has 4 aliphatic rings. The second-order valence-corrected chi connectivity index (χ2v) is 15.8. The standard InChI is InChI=1S/C36H46ClN5O2S/c1-22(2)29-30(33(44)41-24(4)11-18-28(41)32(43)40-20-19-39(8)35(5,6)21-40)45-34-38-36(7,26-14-16-27(37)17-15-26)31(42(29)34)25-12-9-23(3)10-13-25/h9-10,12-17,22,24,28,31H,11,18-21H2,1-8H3/t24-,28+,31-,36+/m1/s1. The average molecular weight is 648 g/mol. The van der Waals surface area contributed by atoms with E-state index >= 15 is 0 Å². The average Bonchev–Trinajstić information content (AvgIpc) is 3.64. The van der Waals surface area contributed by atoms with Crippen molar-refractivity contribution < 1.29 is 9.59 Å². The number of likely N-dealkylation sites (tertiary alicyclic amines) is 1. The lowest BCUT2D eigenvalue weighted by molar-refractivity contribution is -0.146. The Balaban J connectivity index is 1.38. The summed E-state index contributed by atoms with van der Waals surface area (Å²) in [6.45, 7) is 17.2. The summed E-state index contributed by atoms with van der Waals surface area (Å²) < 4.78 is 0. The zero-order chi connectivity index (χ0) is 32.4. The summed E-state index contributed by atoms with van der Waals surface area (Å²) in [5.41, 5.74) is 3.70. The molecule has 0 saturated carbocycles. The van der Waals surface area contributed by atoms with Crippen LogP contribution in [0.4, 0.5) is 0 Å². The molecule has 0 radical (unpaired) electrons. The first-order valence-corrected chi connectivity index (χ1v) is 17.4. The zero-order valence-electron chi connectivity index (χ0n) is 27.8. The molecule has 0 spiro atoms. The Morgan fingerprint density at radius 2 is 1.67 bits per heavy atom. The molecule has 0 aliphatic carbocycles. The van der Waals surface area contributed by atoms with Gasteiger partial charge in [-0.25, -0.2) is 4.99 Å². The van der Waals surface area contributed by atoms with Crippen molar-refractivity contribution in [2.24, 2.45) is 10.9 Å². The predicted octanol–water partition coefficient (Wildman–Crippen LogP) is 6.82. The number of rotatable bonds is 5. The van der Waals surface area contributed by atoms with Crippen molar-refractivity contribution in [2.45, 2.75) is 90.5 Å². The number of amidine groups is 1. The fourth-order valence-electron chi connectivity index (χ4n) is 7.49. The number of fused-ring (bicyclic) bond motifs is 1. The number of hydrogen-bond acceptors (Lipinski definition) is 6. The Labute approximate surface area is 277 Å². The first-order chi connectivity index (χ1) is 21.2. The van der Waals surface area contributed by atoms with Crippen LogP contribution < -0.4 is 0 Å². The number of benzene rings is 2. The summed E-state index contributed by atoms with van der Waals surface area (Å²) in [6.07, 6.45) is 1.51. The van der Waals surface area contributed by atoms with Gasteiger partial charge in [-0.2, -0.15) is 0 Å². The molecule has 4 atom stereocenters. The number of piperazine rings is 1. The molecular weight excluding hydrogens is 602 g/mol. The minimum atomic E-state index is -0.593. The number of allylic oxidation sites excluding steroid dienone is 1. The molecule has 2 saturated heterocycles. The summed E-state index contributed by atoms with van der Waals surface area (Å²) in [5, 5.41) is 1.52. The molecule has 0 bridgehead atoms. The third kappa shape index (κ3) is 5.51. The van der Waals surface area contributed by atoms with Gasteiger partial charge in [0.15, 0.2) is 5.17 Å². The van der Waals surface area contributed by atoms with Crippen molar-refractivity contribution in [3.8, 4) is 0 Å². The van der Waals surface area contributed by atoms with Crippen LogP contribution in [-0.4, -0.2) is 80.9 Å². The molecule has 4 aliphatic heterocycles. The molecule has 0 N–H and O–H groups in total. The molecule has 240 valence electrons. The second-order valence-electron chi connectivity index (χ2n) is 14.4. The van der Waals surface area contributed by atoms with Crippen LogP contribution in [0, 0.1) is 12.8 Å². The van der Waals surface area contributed by atoms with Gasteiger partial charge in [0, 0.05) is 41.9 Å². The van der Waals surface area contributed by atoms with Gasteiger partial charge in [0.2, 0.25) is 5.91 Å². The molecule has 4 heterocycles. The van der Waals surface area contributed by atoms with Gasteiger partial charge in [-0.3, -0.25) is 14.5 Å². The van der Waals surface area contributed by atoms with E-state index in [1.54, 1.807) is 0 Å². The van der Waals surface area contributed by atoms with Crippen LogP contribution in [0.5, 0.6) is 0 Å². The molecule has 45 heavy (non-hydrogen) atoms. The fourth-order valence-corrected chi connectivity index (χ4v) is 8.97. The van der Waals surface area contributed by atoms with Crippen molar-refractivity contribution in [3.63, 3.8) is 0 Å². The SMILES string of the molecule is Cc1ccc([C@H]2N3C(=N[C@@]2(C)c2ccc(Cl)cc2)SC(C(=O)N2[C@H](C)CC[C@H]2C(=O)N2CCN(C)C(C)(C)C2)=C3C(C)C)cc1. The van der Waals surface area contributed by atoms with Gasteiger partial charge in [-0.15, -0.1) is 0 Å². The molecule has 0 unspecified atom stereocenters. The van der Waals surface area contributed by atoms with Crippen LogP contribution in [0.2, 0.25) is 5.02 Å². The quantitative estimate of drug-likeness (QED) is 0.356. The number of hydrogen-bond donors (Lipinski definition) is 0. The Bertz CT molecular complexity index is 1550. The molecule has 2 aromatic carbocycles. The van der Waals surface area contributed by atoms with Gasteiger partial charge in [-0.05, 0) is 95.4 Å². The molecule has 7 nitrogen and oxygen atoms in total. The number of carbonyl (C=O) groups excluding carboxylic acids is 2. The summed E-state index contributed by atoms with van der Waals surface area (Å²) in [4.78, 5) is 43.3. The molecular formula is C36H46ClN5O2S. The number of carbonyl (C=O) groups is 2. The molecule has 2 aromatic rings. The van der Waals surface area contributed by atoms with Crippen LogP contribution in [0.25, 0.3) is 0 Å². The molecule has 2 amide bonds. The number of aryl methyl sites for hydroxylation is 1. The van der Waals surface area contributed by atoms with E-state index in [2.05, 4.69) is 102 Å². The van der Waals surface area contributed by atoms with E-state index in [9.17, 15) is 9.59 Å². The van der Waals surface area contributed by atoms with Crippen molar-refractivity contribution >= 4 is 40.3 Å². The van der Waals surface area contributed by atoms with Crippen molar-refractivity contribution in [2.75, 3.05) is 26.7 Å². The van der Waals surface area contributed by atoms with Crippen molar-refractivity contribution in [1.82, 2.24) is 19.6 Å². The van der Waals surface area contributed by atoms with E-state index in [0.717, 1.165) is 35.0 Å². The van der Waals surface area contributed by atoms with E-state index in [0.29, 0.717) is 29.4 Å². The lowest BCUT2D eigenvalue weighted by atomic mass is 9.81. The van der Waals surface area contributed by atoms with E-state index in [-0.39, 0.29) is 35.4 Å². The van der Waals surface area contributed by atoms with E-state index in [1.807, 2.05) is 21.9 Å². The van der Waals surface area contributed by atoms with Crippen LogP contribution in [0.1, 0.15) is 77.1 Å². The number of halogens is 1. The summed E-state index contributed by atoms with van der Waals surface area (Å²) in [5.74, 6) is 0.0952. The third-order valence-electron chi connectivity index (χ3n) is 10.4. The van der Waals surface area contributed by atoms with E-state index < -0.39 is 11.6 Å². The summed E-state index contributed by atoms with van der Waals surface area (Å²) in [6, 6.07) is 16.0. The monoisotopic (exact) mass is 647 g/mol. The number of amides is 2. The van der Waals surface area contributed by atoms with Gasteiger partial charge in [-0.1, -0.05) is 67.4 Å². The summed E-state index contributed by atoms with van der Waals surface area (Å²) >= 11 is 7.77. The van der Waals surface area contributed by atoms with Crippen LogP contribution in [-0.2, 0) is 15.1 Å². The minimum Gasteiger partial charge on any atom is -0.338 e. The summed E-state index contributed by atoms with van der Waals surface area (Å²) in [7, 11) is 2.11. The highest BCUT2D eigenvalue weighted by molar-refractivity contribution is 8.18. The van der Waals surface area contributed by atoms with Crippen LogP contribution in [0.3, 0.4) is 0 Å². The largest absolute Gasteiger partial charge is 0.338 e. The Kier molecular flexibility index (Phi) is 8.41. The van der Waals surface area contributed by atoms with Crippen molar-refractivity contribution in [3.05, 3.63) is 80.8 Å². The lowest BCUT2D eigenvalue weighted by Crippen LogP contribution is -2.61. The van der Waals surface area contributed by atoms with Gasteiger partial charge in [0.1, 0.15) is 16.5 Å². The lowest BCUT2D eigenvalue weighted by Gasteiger charge is -2.46. The topological polar surface area (TPSA) is 59.5 Å². The Hall–Kier alpha value is -2.81. The normalized spacial score (nSPS) is 28.3. The third-order valence-corrected chi connectivity index (χ3v) is 11.7. The number of thioether (sulfide) groups is 1. The minimum absolute atomic E-state index is 0.0157. The maximum Gasteiger partial charge on any atom is 0.263 e. The number of aliphatic imine (C=N–C) groups is 1. The van der Waals surface area contributed by atoms with Gasteiger partial charge < -0.3 is 14.7 Å². The first kappa shape index (κ1) is 32.1. The zero-order valence-corrected chi connectivity index (χ0v) is 29.4. The highest BCUT2D eigenvalue weighted by Crippen LogP contribution is 2.56. The smallest absolute Gasteiger partial charge is 0.263 e. The maximum atomic E-state index is 14.7. The molecule has 2 fully saturated rings. The number of likely N-dealkylation sites (N-methyl/N-ethyl adjacent to an activating group) is 1. The van der Waals surface area contributed by atoms with Crippen molar-refractivity contribution in [1.29, 1.82) is 0 Å². The Morgan fingerprint density at radius 1 is 1.00 bits per heavy atom. The molecule has 9 heteroatoms.